The molecule has 1 atom stereocenters. The Hall–Kier alpha value is -1.36. The lowest BCUT2D eigenvalue weighted by molar-refractivity contribution is 0.184. The molecule has 1 N–H and O–H groups in total. The third kappa shape index (κ3) is 3.18. The van der Waals surface area contributed by atoms with E-state index in [-0.39, 0.29) is 12.1 Å². The molecule has 0 aromatic carbocycles. The number of carbonyl (C=O) groups excluding carboxylic acids is 1. The van der Waals surface area contributed by atoms with Crippen molar-refractivity contribution in [3.05, 3.63) is 18.7 Å². The largest absolute Gasteiger partial charge is 0.385 e. The fourth-order valence-corrected chi connectivity index (χ4v) is 1.03. The van der Waals surface area contributed by atoms with E-state index in [1.807, 2.05) is 6.92 Å². The first kappa shape index (κ1) is 10.7. The Morgan fingerprint density at radius 1 is 1.71 bits per heavy atom. The first-order valence-corrected chi connectivity index (χ1v) is 4.52. The van der Waals surface area contributed by atoms with Crippen LogP contribution in [-0.2, 0) is 4.74 Å². The Bertz CT molecular complexity index is 272. The average molecular weight is 197 g/mol. The molecule has 0 radical (unpaired) electrons. The molecule has 1 unspecified atom stereocenters. The normalized spacial score (nSPS) is 12.4. The SMILES string of the molecule is COCCC(C)NC(=O)n1ccnc1. The van der Waals surface area contributed by atoms with E-state index in [9.17, 15) is 4.79 Å². The molecule has 0 aliphatic rings. The summed E-state index contributed by atoms with van der Waals surface area (Å²) in [6.07, 6.45) is 5.45. The van der Waals surface area contributed by atoms with Crippen molar-refractivity contribution in [2.45, 2.75) is 19.4 Å². The van der Waals surface area contributed by atoms with Gasteiger partial charge in [-0.3, -0.25) is 4.57 Å². The van der Waals surface area contributed by atoms with Gasteiger partial charge in [-0.15, -0.1) is 0 Å². The van der Waals surface area contributed by atoms with E-state index in [4.69, 9.17) is 4.74 Å². The predicted molar refractivity (Wildman–Crippen MR) is 52.1 cm³/mol. The van der Waals surface area contributed by atoms with Gasteiger partial charge in [-0.1, -0.05) is 0 Å². The van der Waals surface area contributed by atoms with Crippen LogP contribution in [0.5, 0.6) is 0 Å². The summed E-state index contributed by atoms with van der Waals surface area (Å²) < 4.78 is 6.32. The standard InChI is InChI=1S/C9H15N3O2/c1-8(3-6-14-2)11-9(13)12-5-4-10-7-12/h4-5,7-8H,3,6H2,1-2H3,(H,11,13). The van der Waals surface area contributed by atoms with Crippen molar-refractivity contribution >= 4 is 6.03 Å². The molecule has 78 valence electrons. The summed E-state index contributed by atoms with van der Waals surface area (Å²) in [5.41, 5.74) is 0. The number of rotatable bonds is 4. The Labute approximate surface area is 83.1 Å². The van der Waals surface area contributed by atoms with Crippen LogP contribution < -0.4 is 5.32 Å². The van der Waals surface area contributed by atoms with E-state index in [1.165, 1.54) is 10.9 Å². The van der Waals surface area contributed by atoms with Gasteiger partial charge in [0.15, 0.2) is 0 Å². The molecule has 0 aliphatic carbocycles. The van der Waals surface area contributed by atoms with Crippen molar-refractivity contribution in [3.63, 3.8) is 0 Å². The summed E-state index contributed by atoms with van der Waals surface area (Å²) in [5.74, 6) is 0. The minimum absolute atomic E-state index is 0.102. The fraction of sp³-hybridized carbons (Fsp3) is 0.556. The van der Waals surface area contributed by atoms with E-state index in [2.05, 4.69) is 10.3 Å². The highest BCUT2D eigenvalue weighted by molar-refractivity contribution is 5.76. The summed E-state index contributed by atoms with van der Waals surface area (Å²) >= 11 is 0. The van der Waals surface area contributed by atoms with E-state index < -0.39 is 0 Å². The second kappa shape index (κ2) is 5.39. The molecular formula is C9H15N3O2. The quantitative estimate of drug-likeness (QED) is 0.779. The van der Waals surface area contributed by atoms with Crippen molar-refractivity contribution < 1.29 is 9.53 Å². The van der Waals surface area contributed by atoms with Crippen LogP contribution in [0.2, 0.25) is 0 Å². The van der Waals surface area contributed by atoms with Gasteiger partial charge in [-0.2, -0.15) is 0 Å². The molecule has 5 nitrogen and oxygen atoms in total. The number of hydrogen-bond acceptors (Lipinski definition) is 3. The lowest BCUT2D eigenvalue weighted by Crippen LogP contribution is -2.35. The molecular weight excluding hydrogens is 182 g/mol. The van der Waals surface area contributed by atoms with Gasteiger partial charge in [0.05, 0.1) is 0 Å². The van der Waals surface area contributed by atoms with E-state index in [1.54, 1.807) is 19.5 Å². The number of nitrogens with one attached hydrogen (secondary N) is 1. The number of ether oxygens (including phenoxy) is 1. The van der Waals surface area contributed by atoms with Crippen molar-refractivity contribution in [1.82, 2.24) is 14.9 Å². The monoisotopic (exact) mass is 197 g/mol. The first-order chi connectivity index (χ1) is 6.74. The highest BCUT2D eigenvalue weighted by Crippen LogP contribution is 1.93. The molecule has 1 amide bonds. The van der Waals surface area contributed by atoms with Crippen LogP contribution in [0.1, 0.15) is 13.3 Å². The summed E-state index contributed by atoms with van der Waals surface area (Å²) in [6.45, 7) is 2.58. The molecule has 1 rings (SSSR count). The van der Waals surface area contributed by atoms with Crippen molar-refractivity contribution in [2.24, 2.45) is 0 Å². The highest BCUT2D eigenvalue weighted by Gasteiger charge is 2.07. The number of imidazole rings is 1. The molecule has 1 aromatic heterocycles. The van der Waals surface area contributed by atoms with E-state index >= 15 is 0 Å². The molecule has 0 spiro atoms. The molecule has 1 heterocycles. The number of amides is 1. The summed E-state index contributed by atoms with van der Waals surface area (Å²) in [4.78, 5) is 15.2. The Balaban J connectivity index is 2.34. The fourth-order valence-electron chi connectivity index (χ4n) is 1.03. The van der Waals surface area contributed by atoms with Gasteiger partial charge in [0, 0.05) is 32.2 Å². The number of methoxy groups -OCH3 is 1. The van der Waals surface area contributed by atoms with Crippen LogP contribution in [0.3, 0.4) is 0 Å². The van der Waals surface area contributed by atoms with Crippen LogP contribution in [0.25, 0.3) is 0 Å². The van der Waals surface area contributed by atoms with Crippen molar-refractivity contribution in [1.29, 1.82) is 0 Å². The van der Waals surface area contributed by atoms with Gasteiger partial charge in [0.1, 0.15) is 6.33 Å². The second-order valence-electron chi connectivity index (χ2n) is 3.10. The van der Waals surface area contributed by atoms with Gasteiger partial charge < -0.3 is 10.1 Å². The third-order valence-electron chi connectivity index (χ3n) is 1.86. The van der Waals surface area contributed by atoms with Crippen LogP contribution in [0, 0.1) is 0 Å². The number of nitrogens with zero attached hydrogens (tertiary/aromatic N) is 2. The van der Waals surface area contributed by atoms with Crippen LogP contribution >= 0.6 is 0 Å². The predicted octanol–water partition coefficient (Wildman–Crippen LogP) is 0.866. The zero-order valence-corrected chi connectivity index (χ0v) is 8.43. The topological polar surface area (TPSA) is 56.1 Å². The molecule has 0 aliphatic heterocycles. The first-order valence-electron chi connectivity index (χ1n) is 4.52. The van der Waals surface area contributed by atoms with Crippen LogP contribution in [0.4, 0.5) is 4.79 Å². The molecule has 14 heavy (non-hydrogen) atoms. The van der Waals surface area contributed by atoms with E-state index in [0.717, 1.165) is 6.42 Å². The lowest BCUT2D eigenvalue weighted by Gasteiger charge is -2.12. The maximum Gasteiger partial charge on any atom is 0.327 e. The van der Waals surface area contributed by atoms with Crippen LogP contribution in [-0.4, -0.2) is 35.3 Å². The van der Waals surface area contributed by atoms with Gasteiger partial charge in [-0.05, 0) is 13.3 Å². The molecule has 5 heteroatoms. The zero-order valence-electron chi connectivity index (χ0n) is 8.43. The third-order valence-corrected chi connectivity index (χ3v) is 1.86. The van der Waals surface area contributed by atoms with E-state index in [0.29, 0.717) is 6.61 Å². The number of aromatic nitrogens is 2. The van der Waals surface area contributed by atoms with Gasteiger partial charge in [0.25, 0.3) is 0 Å². The minimum atomic E-state index is -0.161. The molecule has 0 saturated heterocycles. The molecule has 1 aromatic rings. The second-order valence-corrected chi connectivity index (χ2v) is 3.10. The molecule has 0 fully saturated rings. The summed E-state index contributed by atoms with van der Waals surface area (Å²) in [7, 11) is 1.64. The smallest absolute Gasteiger partial charge is 0.327 e. The average Bonchev–Trinajstić information content (AvgIpc) is 2.67. The highest BCUT2D eigenvalue weighted by atomic mass is 16.5. The molecule has 0 bridgehead atoms. The molecule has 0 saturated carbocycles. The van der Waals surface area contributed by atoms with Gasteiger partial charge in [-0.25, -0.2) is 9.78 Å². The number of carbonyl (C=O) groups is 1. The summed E-state index contributed by atoms with van der Waals surface area (Å²) in [5, 5.41) is 2.82. The lowest BCUT2D eigenvalue weighted by atomic mass is 10.2. The maximum absolute atomic E-state index is 11.5. The van der Waals surface area contributed by atoms with Crippen molar-refractivity contribution in [2.75, 3.05) is 13.7 Å². The zero-order chi connectivity index (χ0) is 10.4. The minimum Gasteiger partial charge on any atom is -0.385 e. The van der Waals surface area contributed by atoms with Crippen molar-refractivity contribution in [3.8, 4) is 0 Å². The Kier molecular flexibility index (Phi) is 4.12. The van der Waals surface area contributed by atoms with Gasteiger partial charge in [0.2, 0.25) is 0 Å². The van der Waals surface area contributed by atoms with Crippen LogP contribution in [0.15, 0.2) is 18.7 Å². The number of hydrogen-bond donors (Lipinski definition) is 1. The Morgan fingerprint density at radius 3 is 3.07 bits per heavy atom. The maximum atomic E-state index is 11.5. The Morgan fingerprint density at radius 2 is 2.50 bits per heavy atom. The van der Waals surface area contributed by atoms with Gasteiger partial charge >= 0.3 is 6.03 Å². The summed E-state index contributed by atoms with van der Waals surface area (Å²) in [6, 6.07) is -0.0593.